The molecule has 0 unspecified atom stereocenters. The number of rotatable bonds is 2. The lowest BCUT2D eigenvalue weighted by molar-refractivity contribution is 0.664. The highest BCUT2D eigenvalue weighted by Gasteiger charge is 2.11. The zero-order valence-electron chi connectivity index (χ0n) is 9.90. The Balaban J connectivity index is 2.15. The van der Waals surface area contributed by atoms with Gasteiger partial charge in [0.25, 0.3) is 0 Å². The molecule has 0 radical (unpaired) electrons. The van der Waals surface area contributed by atoms with Gasteiger partial charge in [0.1, 0.15) is 11.4 Å². The predicted molar refractivity (Wildman–Crippen MR) is 67.2 cm³/mol. The van der Waals surface area contributed by atoms with Crippen molar-refractivity contribution in [1.82, 2.24) is 30.2 Å². The lowest BCUT2D eigenvalue weighted by atomic mass is 10.1. The van der Waals surface area contributed by atoms with Crippen molar-refractivity contribution < 1.29 is 0 Å². The Bertz CT molecular complexity index is 702. The summed E-state index contributed by atoms with van der Waals surface area (Å²) in [6, 6.07) is 6.01. The summed E-state index contributed by atoms with van der Waals surface area (Å²) in [5.74, 6) is 0. The highest BCUT2D eigenvalue weighted by molar-refractivity contribution is 7.99. The minimum Gasteiger partial charge on any atom is -0.236 e. The number of tetrazole rings is 1. The van der Waals surface area contributed by atoms with Crippen LogP contribution in [0.1, 0.15) is 5.56 Å². The average Bonchev–Trinajstić information content (AvgIpc) is 2.76. The normalized spacial score (nSPS) is 11.0. The van der Waals surface area contributed by atoms with E-state index in [1.807, 2.05) is 25.1 Å². The molecule has 0 saturated heterocycles. The Kier molecular flexibility index (Phi) is 2.67. The maximum absolute atomic E-state index is 4.33. The van der Waals surface area contributed by atoms with Crippen LogP contribution >= 0.6 is 11.8 Å². The first kappa shape index (κ1) is 11.1. The molecule has 2 aromatic heterocycles. The van der Waals surface area contributed by atoms with Crippen LogP contribution in [0.2, 0.25) is 0 Å². The Morgan fingerprint density at radius 2 is 2.11 bits per heavy atom. The lowest BCUT2D eigenvalue weighted by Crippen LogP contribution is -1.95. The summed E-state index contributed by atoms with van der Waals surface area (Å²) >= 11 is 1.44. The fraction of sp³-hybridized carbons (Fsp3) is 0.182. The van der Waals surface area contributed by atoms with Crippen molar-refractivity contribution in [2.24, 2.45) is 7.05 Å². The smallest absolute Gasteiger partial charge is 0.215 e. The first-order valence-corrected chi connectivity index (χ1v) is 6.18. The summed E-state index contributed by atoms with van der Waals surface area (Å²) in [4.78, 5) is 8.60. The molecule has 0 atom stereocenters. The Labute approximate surface area is 107 Å². The van der Waals surface area contributed by atoms with E-state index in [2.05, 4.69) is 25.5 Å². The second-order valence-corrected chi connectivity index (χ2v) is 4.79. The molecule has 90 valence electrons. The summed E-state index contributed by atoms with van der Waals surface area (Å²) in [7, 11) is 1.80. The number of fused-ring (bicyclic) bond motifs is 1. The molecule has 1 aromatic carbocycles. The van der Waals surface area contributed by atoms with Gasteiger partial charge in [-0.1, -0.05) is 12.1 Å². The molecule has 7 heteroatoms. The van der Waals surface area contributed by atoms with Crippen molar-refractivity contribution in [3.05, 3.63) is 30.1 Å². The molecule has 0 amide bonds. The SMILES string of the molecule is Cc1cccc2ncnc(Sc3nnnn3C)c12. The summed E-state index contributed by atoms with van der Waals surface area (Å²) < 4.78 is 1.62. The maximum Gasteiger partial charge on any atom is 0.215 e. The molecule has 0 N–H and O–H groups in total. The molecule has 0 aliphatic heterocycles. The van der Waals surface area contributed by atoms with Gasteiger partial charge in [-0.3, -0.25) is 0 Å². The molecule has 3 aromatic rings. The molecule has 0 bridgehead atoms. The van der Waals surface area contributed by atoms with Gasteiger partial charge < -0.3 is 0 Å². The van der Waals surface area contributed by atoms with E-state index in [1.54, 1.807) is 18.1 Å². The van der Waals surface area contributed by atoms with Gasteiger partial charge in [-0.2, -0.15) is 0 Å². The number of nitrogens with zero attached hydrogens (tertiary/aromatic N) is 6. The molecule has 0 spiro atoms. The van der Waals surface area contributed by atoms with Crippen molar-refractivity contribution in [3.63, 3.8) is 0 Å². The second kappa shape index (κ2) is 4.34. The standard InChI is InChI=1S/C11H10N6S/c1-7-4-3-5-8-9(7)10(13-6-12-8)18-11-14-15-16-17(11)2/h3-6H,1-2H3. The third kappa shape index (κ3) is 1.82. The van der Waals surface area contributed by atoms with E-state index in [1.165, 1.54) is 11.8 Å². The van der Waals surface area contributed by atoms with Gasteiger partial charge in [-0.15, -0.1) is 5.10 Å². The van der Waals surface area contributed by atoms with E-state index >= 15 is 0 Å². The van der Waals surface area contributed by atoms with E-state index < -0.39 is 0 Å². The van der Waals surface area contributed by atoms with E-state index in [-0.39, 0.29) is 0 Å². The lowest BCUT2D eigenvalue weighted by Gasteiger charge is -2.05. The van der Waals surface area contributed by atoms with Crippen molar-refractivity contribution in [1.29, 1.82) is 0 Å². The minimum atomic E-state index is 0.707. The fourth-order valence-electron chi connectivity index (χ4n) is 1.72. The van der Waals surface area contributed by atoms with Crippen molar-refractivity contribution >= 4 is 22.7 Å². The number of aryl methyl sites for hydroxylation is 2. The largest absolute Gasteiger partial charge is 0.236 e. The zero-order chi connectivity index (χ0) is 12.5. The Morgan fingerprint density at radius 1 is 1.22 bits per heavy atom. The van der Waals surface area contributed by atoms with Gasteiger partial charge >= 0.3 is 0 Å². The maximum atomic E-state index is 4.33. The Hall–Kier alpha value is -2.02. The summed E-state index contributed by atoms with van der Waals surface area (Å²) in [5.41, 5.74) is 2.08. The van der Waals surface area contributed by atoms with Crippen molar-refractivity contribution in [3.8, 4) is 0 Å². The number of benzene rings is 1. The van der Waals surface area contributed by atoms with E-state index in [9.17, 15) is 0 Å². The van der Waals surface area contributed by atoms with Crippen LogP contribution in [-0.2, 0) is 7.05 Å². The van der Waals surface area contributed by atoms with E-state index in [0.717, 1.165) is 21.5 Å². The molecule has 3 rings (SSSR count). The van der Waals surface area contributed by atoms with Gasteiger partial charge in [0.05, 0.1) is 5.52 Å². The average molecular weight is 258 g/mol. The predicted octanol–water partition coefficient (Wildman–Crippen LogP) is 1.61. The fourth-order valence-corrected chi connectivity index (χ4v) is 2.60. The summed E-state index contributed by atoms with van der Waals surface area (Å²) in [6.07, 6.45) is 1.56. The van der Waals surface area contributed by atoms with E-state index in [4.69, 9.17) is 0 Å². The Morgan fingerprint density at radius 3 is 2.89 bits per heavy atom. The van der Waals surface area contributed by atoms with Gasteiger partial charge in [0.15, 0.2) is 0 Å². The highest BCUT2D eigenvalue weighted by atomic mass is 32.2. The van der Waals surface area contributed by atoms with Gasteiger partial charge in [0.2, 0.25) is 5.16 Å². The van der Waals surface area contributed by atoms with E-state index in [0.29, 0.717) is 5.16 Å². The molecule has 0 saturated carbocycles. The van der Waals surface area contributed by atoms with Crippen LogP contribution in [0.4, 0.5) is 0 Å². The molecule has 2 heterocycles. The third-order valence-electron chi connectivity index (χ3n) is 2.61. The number of aromatic nitrogens is 6. The highest BCUT2D eigenvalue weighted by Crippen LogP contribution is 2.30. The minimum absolute atomic E-state index is 0.707. The zero-order valence-corrected chi connectivity index (χ0v) is 10.7. The van der Waals surface area contributed by atoms with Gasteiger partial charge in [0, 0.05) is 12.4 Å². The van der Waals surface area contributed by atoms with Crippen LogP contribution in [-0.4, -0.2) is 30.2 Å². The van der Waals surface area contributed by atoms with Crippen LogP contribution in [0.25, 0.3) is 10.9 Å². The molecular weight excluding hydrogens is 248 g/mol. The molecule has 0 aliphatic carbocycles. The van der Waals surface area contributed by atoms with Gasteiger partial charge in [-0.25, -0.2) is 14.6 Å². The molecular formula is C11H10N6S. The van der Waals surface area contributed by atoms with Crippen molar-refractivity contribution in [2.75, 3.05) is 0 Å². The topological polar surface area (TPSA) is 69.4 Å². The van der Waals surface area contributed by atoms with Crippen LogP contribution in [0.3, 0.4) is 0 Å². The third-order valence-corrected chi connectivity index (χ3v) is 3.64. The molecule has 6 nitrogen and oxygen atoms in total. The summed E-state index contributed by atoms with van der Waals surface area (Å²) in [5, 5.41) is 14.0. The quantitative estimate of drug-likeness (QED) is 0.650. The summed E-state index contributed by atoms with van der Waals surface area (Å²) in [6.45, 7) is 2.05. The molecule has 0 fully saturated rings. The van der Waals surface area contributed by atoms with Crippen LogP contribution in [0, 0.1) is 6.92 Å². The van der Waals surface area contributed by atoms with Gasteiger partial charge in [-0.05, 0) is 40.7 Å². The van der Waals surface area contributed by atoms with Crippen LogP contribution in [0.15, 0.2) is 34.7 Å². The second-order valence-electron chi connectivity index (χ2n) is 3.83. The monoisotopic (exact) mass is 258 g/mol. The van der Waals surface area contributed by atoms with Crippen LogP contribution in [0.5, 0.6) is 0 Å². The molecule has 0 aliphatic rings. The number of hydrogen-bond acceptors (Lipinski definition) is 6. The van der Waals surface area contributed by atoms with Crippen molar-refractivity contribution in [2.45, 2.75) is 17.1 Å². The first-order chi connectivity index (χ1) is 8.75. The van der Waals surface area contributed by atoms with Crippen LogP contribution < -0.4 is 0 Å². The number of hydrogen-bond donors (Lipinski definition) is 0. The molecule has 18 heavy (non-hydrogen) atoms. The first-order valence-electron chi connectivity index (χ1n) is 5.36.